The Morgan fingerprint density at radius 1 is 1.44 bits per heavy atom. The molecule has 0 radical (unpaired) electrons. The summed E-state index contributed by atoms with van der Waals surface area (Å²) in [6, 6.07) is 0. The molecule has 94 valence electrons. The quantitative estimate of drug-likeness (QED) is 0.336. The van der Waals surface area contributed by atoms with Crippen molar-refractivity contribution in [1.29, 1.82) is 0 Å². The van der Waals surface area contributed by atoms with E-state index in [1.807, 2.05) is 14.0 Å². The third kappa shape index (κ3) is 9.45. The minimum atomic E-state index is -0.114. The van der Waals surface area contributed by atoms with Gasteiger partial charge in [0.1, 0.15) is 38.9 Å². The van der Waals surface area contributed by atoms with E-state index < -0.39 is 0 Å². The van der Waals surface area contributed by atoms with E-state index in [0.717, 1.165) is 6.26 Å². The van der Waals surface area contributed by atoms with E-state index >= 15 is 0 Å². The van der Waals surface area contributed by atoms with Crippen molar-refractivity contribution in [2.24, 2.45) is 0 Å². The second-order valence-corrected chi connectivity index (χ2v) is 3.25. The van der Waals surface area contributed by atoms with E-state index in [-0.39, 0.29) is 12.7 Å². The second-order valence-electron chi connectivity index (χ2n) is 3.25. The Morgan fingerprint density at radius 2 is 2.19 bits per heavy atom. The molecule has 6 heteroatoms. The van der Waals surface area contributed by atoms with Gasteiger partial charge in [-0.3, -0.25) is 4.90 Å². The molecular weight excluding hydrogens is 214 g/mol. The van der Waals surface area contributed by atoms with Gasteiger partial charge in [-0.15, -0.1) is 0 Å². The Bertz CT molecular complexity index is 198. The van der Waals surface area contributed by atoms with Crippen molar-refractivity contribution < 1.29 is 24.1 Å². The molecule has 0 aliphatic heterocycles. The van der Waals surface area contributed by atoms with Crippen LogP contribution in [-0.4, -0.2) is 56.1 Å². The van der Waals surface area contributed by atoms with Gasteiger partial charge in [0.25, 0.3) is 0 Å². The summed E-state index contributed by atoms with van der Waals surface area (Å²) in [5.74, 6) is 0. The molecule has 0 amide bonds. The van der Waals surface area contributed by atoms with Gasteiger partial charge in [0.05, 0.1) is 12.7 Å². The van der Waals surface area contributed by atoms with Crippen molar-refractivity contribution in [2.75, 3.05) is 33.7 Å². The molecule has 0 aliphatic rings. The number of carbonyl (C=O) groups is 1. The first-order chi connectivity index (χ1) is 7.70. The summed E-state index contributed by atoms with van der Waals surface area (Å²) in [4.78, 5) is 11.8. The van der Waals surface area contributed by atoms with E-state index in [1.54, 1.807) is 4.90 Å². The van der Waals surface area contributed by atoms with Gasteiger partial charge in [0, 0.05) is 0 Å². The lowest BCUT2D eigenvalue weighted by Crippen LogP contribution is -2.27. The second kappa shape index (κ2) is 10.4. The lowest BCUT2D eigenvalue weighted by atomic mass is 10.4. The van der Waals surface area contributed by atoms with Crippen molar-refractivity contribution in [3.05, 3.63) is 12.5 Å². The zero-order valence-electron chi connectivity index (χ0n) is 9.67. The lowest BCUT2D eigenvalue weighted by molar-refractivity contribution is -0.115. The maximum absolute atomic E-state index is 10.0. The lowest BCUT2D eigenvalue weighted by Gasteiger charge is -2.17. The van der Waals surface area contributed by atoms with Gasteiger partial charge in [-0.2, -0.15) is 0 Å². The SMILES string of the molecule is CC(COCN(C)CO/C=C/O)OCC=O. The smallest absolute Gasteiger partial charge is 0.145 e. The minimum Gasteiger partial charge on any atom is -0.512 e. The maximum atomic E-state index is 10.0. The number of hydrogen-bond donors (Lipinski definition) is 1. The van der Waals surface area contributed by atoms with E-state index in [0.29, 0.717) is 26.4 Å². The molecule has 1 unspecified atom stereocenters. The molecule has 0 aliphatic carbocycles. The molecule has 0 aromatic rings. The number of hydrogen-bond acceptors (Lipinski definition) is 6. The van der Waals surface area contributed by atoms with E-state index in [2.05, 4.69) is 0 Å². The summed E-state index contributed by atoms with van der Waals surface area (Å²) >= 11 is 0. The van der Waals surface area contributed by atoms with Gasteiger partial charge >= 0.3 is 0 Å². The summed E-state index contributed by atoms with van der Waals surface area (Å²) in [6.45, 7) is 3.03. The number of ether oxygens (including phenoxy) is 3. The monoisotopic (exact) mass is 233 g/mol. The van der Waals surface area contributed by atoms with Crippen LogP contribution in [0.3, 0.4) is 0 Å². The molecule has 1 N–H and O–H groups in total. The average molecular weight is 233 g/mol. The van der Waals surface area contributed by atoms with Crippen molar-refractivity contribution in [3.63, 3.8) is 0 Å². The van der Waals surface area contributed by atoms with Crippen LogP contribution in [0.2, 0.25) is 0 Å². The highest BCUT2D eigenvalue weighted by atomic mass is 16.5. The van der Waals surface area contributed by atoms with E-state index in [9.17, 15) is 4.79 Å². The van der Waals surface area contributed by atoms with Gasteiger partial charge in [-0.25, -0.2) is 0 Å². The summed E-state index contributed by atoms with van der Waals surface area (Å²) in [5.41, 5.74) is 0. The number of aliphatic hydroxyl groups excluding tert-OH is 1. The third-order valence-electron chi connectivity index (χ3n) is 1.57. The number of carbonyl (C=O) groups excluding carboxylic acids is 1. The summed E-state index contributed by atoms with van der Waals surface area (Å²) in [5, 5.41) is 8.31. The number of aliphatic hydroxyl groups is 1. The van der Waals surface area contributed by atoms with Crippen LogP contribution in [0.1, 0.15) is 6.92 Å². The molecule has 1 atom stereocenters. The van der Waals surface area contributed by atoms with Crippen LogP contribution in [0.25, 0.3) is 0 Å². The summed E-state index contributed by atoms with van der Waals surface area (Å²) in [6.07, 6.45) is 2.60. The molecule has 0 fully saturated rings. The first kappa shape index (κ1) is 14.9. The normalized spacial score (nSPS) is 13.2. The standard InChI is InChI=1S/C10H19NO5/c1-10(16-6-4-13)7-15-9-11(2)8-14-5-3-12/h3-5,10,12H,6-9H2,1-2H3/b5-3+. The fourth-order valence-electron chi connectivity index (χ4n) is 0.877. The van der Waals surface area contributed by atoms with Gasteiger partial charge in [-0.1, -0.05) is 0 Å². The van der Waals surface area contributed by atoms with Crippen LogP contribution in [0.5, 0.6) is 0 Å². The molecule has 0 heterocycles. The zero-order chi connectivity index (χ0) is 12.2. The average Bonchev–Trinajstić information content (AvgIpc) is 2.26. The molecule has 0 rings (SSSR count). The largest absolute Gasteiger partial charge is 0.512 e. The number of nitrogens with zero attached hydrogens (tertiary/aromatic N) is 1. The summed E-state index contributed by atoms with van der Waals surface area (Å²) < 4.78 is 15.3. The van der Waals surface area contributed by atoms with Crippen LogP contribution >= 0.6 is 0 Å². The van der Waals surface area contributed by atoms with Gasteiger partial charge < -0.3 is 24.1 Å². The van der Waals surface area contributed by atoms with E-state index in [4.69, 9.17) is 19.3 Å². The van der Waals surface area contributed by atoms with Crippen LogP contribution in [-0.2, 0) is 19.0 Å². The molecule has 0 saturated carbocycles. The third-order valence-corrected chi connectivity index (χ3v) is 1.57. The Labute approximate surface area is 95.4 Å². The van der Waals surface area contributed by atoms with Gasteiger partial charge in [0.2, 0.25) is 0 Å². The highest BCUT2D eigenvalue weighted by Gasteiger charge is 2.03. The minimum absolute atomic E-state index is 0.0881. The number of aldehydes is 1. The fourth-order valence-corrected chi connectivity index (χ4v) is 0.877. The van der Waals surface area contributed by atoms with Gasteiger partial charge in [0.15, 0.2) is 0 Å². The zero-order valence-corrected chi connectivity index (χ0v) is 9.67. The Balaban J connectivity index is 3.38. The highest BCUT2D eigenvalue weighted by Crippen LogP contribution is 1.93. The molecule has 6 nitrogen and oxygen atoms in total. The fraction of sp³-hybridized carbons (Fsp3) is 0.700. The van der Waals surface area contributed by atoms with Crippen LogP contribution in [0, 0.1) is 0 Å². The Kier molecular flexibility index (Phi) is 9.69. The molecule has 0 aromatic carbocycles. The maximum Gasteiger partial charge on any atom is 0.145 e. The molecular formula is C10H19NO5. The molecule has 0 bridgehead atoms. The predicted molar refractivity (Wildman–Crippen MR) is 57.8 cm³/mol. The number of rotatable bonds is 10. The van der Waals surface area contributed by atoms with E-state index in [1.165, 1.54) is 6.26 Å². The molecule has 0 spiro atoms. The van der Waals surface area contributed by atoms with Crippen molar-refractivity contribution in [2.45, 2.75) is 13.0 Å². The topological polar surface area (TPSA) is 68.2 Å². The predicted octanol–water partition coefficient (Wildman–Crippen LogP) is 0.500. The van der Waals surface area contributed by atoms with Crippen molar-refractivity contribution >= 4 is 6.29 Å². The molecule has 16 heavy (non-hydrogen) atoms. The Morgan fingerprint density at radius 3 is 2.81 bits per heavy atom. The van der Waals surface area contributed by atoms with Gasteiger partial charge in [-0.05, 0) is 14.0 Å². The summed E-state index contributed by atoms with van der Waals surface area (Å²) in [7, 11) is 1.81. The highest BCUT2D eigenvalue weighted by molar-refractivity contribution is 5.50. The van der Waals surface area contributed by atoms with Crippen LogP contribution in [0.4, 0.5) is 0 Å². The van der Waals surface area contributed by atoms with Crippen molar-refractivity contribution in [3.8, 4) is 0 Å². The van der Waals surface area contributed by atoms with Crippen LogP contribution < -0.4 is 0 Å². The first-order valence-corrected chi connectivity index (χ1v) is 4.93. The molecule has 0 saturated heterocycles. The van der Waals surface area contributed by atoms with Crippen LogP contribution in [0.15, 0.2) is 12.5 Å². The first-order valence-electron chi connectivity index (χ1n) is 4.93. The molecule has 0 aromatic heterocycles. The van der Waals surface area contributed by atoms with Crippen molar-refractivity contribution in [1.82, 2.24) is 4.90 Å². The Hall–Kier alpha value is -1.11.